The van der Waals surface area contributed by atoms with Crippen molar-refractivity contribution in [2.75, 3.05) is 9.80 Å². The van der Waals surface area contributed by atoms with Gasteiger partial charge in [-0.25, -0.2) is 9.29 Å². The topological polar surface area (TPSA) is 69.7 Å². The van der Waals surface area contributed by atoms with Gasteiger partial charge in [-0.3, -0.25) is 19.7 Å². The lowest BCUT2D eigenvalue weighted by Gasteiger charge is -2.31. The zero-order valence-corrected chi connectivity index (χ0v) is 20.7. The Kier molecular flexibility index (Phi) is 5.49. The van der Waals surface area contributed by atoms with Gasteiger partial charge in [-0.1, -0.05) is 62.4 Å². The van der Waals surface area contributed by atoms with Crippen molar-refractivity contribution < 1.29 is 18.8 Å². The number of hydrogen-bond donors (Lipinski definition) is 1. The molecule has 0 bridgehead atoms. The Labute approximate surface area is 215 Å². The van der Waals surface area contributed by atoms with Gasteiger partial charge in [0.15, 0.2) is 0 Å². The summed E-state index contributed by atoms with van der Waals surface area (Å²) in [4.78, 5) is 45.3. The first-order chi connectivity index (χ1) is 17.8. The Morgan fingerprint density at radius 1 is 0.892 bits per heavy atom. The molecule has 0 unspecified atom stereocenters. The predicted molar refractivity (Wildman–Crippen MR) is 138 cm³/mol. The standard InChI is InChI=1S/C30H28FN3O3/c1-18(2)16-23-25-26(28(36)34(27(25)35)21-8-4-3-5-9-21)30(32-23)22-10-6-7-11-24(22)33(29(30)37)17-19-12-14-20(31)15-13-19/h3-15,18,23,25-26,32H,16-17H2,1-2H3/t23-,25+,26-,30-/m0/s1. The number of nitrogens with one attached hydrogen (secondary N) is 1. The van der Waals surface area contributed by atoms with Crippen molar-refractivity contribution in [2.24, 2.45) is 17.8 Å². The Balaban J connectivity index is 1.48. The van der Waals surface area contributed by atoms with Crippen LogP contribution in [0, 0.1) is 23.6 Å². The van der Waals surface area contributed by atoms with Gasteiger partial charge in [-0.2, -0.15) is 0 Å². The van der Waals surface area contributed by atoms with Crippen LogP contribution in [0.15, 0.2) is 78.9 Å². The van der Waals surface area contributed by atoms with Crippen LogP contribution in [-0.4, -0.2) is 23.8 Å². The molecule has 3 aliphatic heterocycles. The van der Waals surface area contributed by atoms with Crippen LogP contribution in [0.5, 0.6) is 0 Å². The van der Waals surface area contributed by atoms with E-state index >= 15 is 0 Å². The summed E-state index contributed by atoms with van der Waals surface area (Å²) >= 11 is 0. The molecule has 188 valence electrons. The second-order valence-electron chi connectivity index (χ2n) is 10.6. The molecule has 3 amide bonds. The van der Waals surface area contributed by atoms with Gasteiger partial charge in [-0.05, 0) is 48.2 Å². The molecule has 1 N–H and O–H groups in total. The van der Waals surface area contributed by atoms with Crippen molar-refractivity contribution in [1.82, 2.24) is 5.32 Å². The summed E-state index contributed by atoms with van der Waals surface area (Å²) in [6, 6.07) is 22.1. The molecule has 0 aromatic heterocycles. The SMILES string of the molecule is CC(C)C[C@@H]1N[C@]2(C(=O)N(Cc3ccc(F)cc3)c3ccccc32)[C@@H]2C(=O)N(c3ccccc3)C(=O)[C@H]12. The number of carbonyl (C=O) groups excluding carboxylic acids is 3. The molecule has 2 saturated heterocycles. The summed E-state index contributed by atoms with van der Waals surface area (Å²) in [6.45, 7) is 4.38. The van der Waals surface area contributed by atoms with E-state index in [-0.39, 0.29) is 42.0 Å². The van der Waals surface area contributed by atoms with E-state index in [9.17, 15) is 18.8 Å². The highest BCUT2D eigenvalue weighted by atomic mass is 19.1. The number of nitrogens with zero attached hydrogens (tertiary/aromatic N) is 2. The van der Waals surface area contributed by atoms with E-state index in [2.05, 4.69) is 19.2 Å². The first kappa shape index (κ1) is 23.6. The second kappa shape index (κ2) is 8.63. The van der Waals surface area contributed by atoms with Crippen molar-refractivity contribution in [3.63, 3.8) is 0 Å². The van der Waals surface area contributed by atoms with Crippen LogP contribution in [0.25, 0.3) is 0 Å². The number of fused-ring (bicyclic) bond motifs is 4. The van der Waals surface area contributed by atoms with Crippen LogP contribution in [0.4, 0.5) is 15.8 Å². The fourth-order valence-electron chi connectivity index (χ4n) is 6.42. The van der Waals surface area contributed by atoms with E-state index in [0.717, 1.165) is 5.56 Å². The zero-order chi connectivity index (χ0) is 25.9. The van der Waals surface area contributed by atoms with Gasteiger partial charge in [0.1, 0.15) is 11.4 Å². The molecule has 0 aliphatic carbocycles. The van der Waals surface area contributed by atoms with Crippen molar-refractivity contribution in [3.8, 4) is 0 Å². The molecular weight excluding hydrogens is 469 g/mol. The number of para-hydroxylation sites is 2. The Morgan fingerprint density at radius 2 is 1.57 bits per heavy atom. The third-order valence-electron chi connectivity index (χ3n) is 7.86. The molecule has 3 heterocycles. The van der Waals surface area contributed by atoms with Crippen LogP contribution >= 0.6 is 0 Å². The number of imide groups is 1. The Morgan fingerprint density at radius 3 is 2.27 bits per heavy atom. The first-order valence-corrected chi connectivity index (χ1v) is 12.7. The molecule has 3 aromatic carbocycles. The number of rotatable bonds is 5. The Bertz CT molecular complexity index is 1390. The smallest absolute Gasteiger partial charge is 0.253 e. The molecule has 3 aromatic rings. The molecule has 6 nitrogen and oxygen atoms in total. The van der Waals surface area contributed by atoms with Gasteiger partial charge in [-0.15, -0.1) is 0 Å². The van der Waals surface area contributed by atoms with E-state index in [1.54, 1.807) is 41.3 Å². The zero-order valence-electron chi connectivity index (χ0n) is 20.7. The molecule has 3 aliphatic rings. The van der Waals surface area contributed by atoms with Gasteiger partial charge in [0.2, 0.25) is 11.8 Å². The van der Waals surface area contributed by atoms with Crippen molar-refractivity contribution >= 4 is 29.1 Å². The number of halogens is 1. The molecule has 7 heteroatoms. The number of benzene rings is 3. The van der Waals surface area contributed by atoms with Crippen LogP contribution in [0.3, 0.4) is 0 Å². The van der Waals surface area contributed by atoms with Gasteiger partial charge in [0.05, 0.1) is 24.1 Å². The number of hydrogen-bond acceptors (Lipinski definition) is 4. The third kappa shape index (κ3) is 3.44. The lowest BCUT2D eigenvalue weighted by Crippen LogP contribution is -2.55. The van der Waals surface area contributed by atoms with Crippen LogP contribution in [0.1, 0.15) is 31.4 Å². The normalized spacial score (nSPS) is 26.5. The molecule has 6 rings (SSSR count). The maximum absolute atomic E-state index is 14.4. The van der Waals surface area contributed by atoms with E-state index < -0.39 is 17.4 Å². The summed E-state index contributed by atoms with van der Waals surface area (Å²) in [5.41, 5.74) is 1.35. The Hall–Kier alpha value is -3.84. The van der Waals surface area contributed by atoms with Gasteiger partial charge >= 0.3 is 0 Å². The monoisotopic (exact) mass is 497 g/mol. The van der Waals surface area contributed by atoms with E-state index in [4.69, 9.17) is 0 Å². The largest absolute Gasteiger partial charge is 0.306 e. The summed E-state index contributed by atoms with van der Waals surface area (Å²) in [5.74, 6) is -2.49. The molecule has 0 saturated carbocycles. The van der Waals surface area contributed by atoms with E-state index in [1.807, 2.05) is 30.3 Å². The summed E-state index contributed by atoms with van der Waals surface area (Å²) < 4.78 is 13.5. The maximum Gasteiger partial charge on any atom is 0.253 e. The van der Waals surface area contributed by atoms with Crippen LogP contribution in [-0.2, 0) is 26.5 Å². The van der Waals surface area contributed by atoms with Crippen molar-refractivity contribution in [3.05, 3.63) is 95.8 Å². The lowest BCUT2D eigenvalue weighted by molar-refractivity contribution is -0.132. The molecular formula is C30H28FN3O3. The molecule has 1 spiro atoms. The average molecular weight is 498 g/mol. The van der Waals surface area contributed by atoms with Gasteiger partial charge < -0.3 is 4.90 Å². The summed E-state index contributed by atoms with van der Waals surface area (Å²) in [5, 5.41) is 3.54. The van der Waals surface area contributed by atoms with Crippen molar-refractivity contribution in [1.29, 1.82) is 0 Å². The molecule has 0 radical (unpaired) electrons. The summed E-state index contributed by atoms with van der Waals surface area (Å²) in [6.07, 6.45) is 0.651. The number of amides is 3. The van der Waals surface area contributed by atoms with Gasteiger partial charge in [0, 0.05) is 17.3 Å². The molecule has 37 heavy (non-hydrogen) atoms. The quantitative estimate of drug-likeness (QED) is 0.531. The minimum atomic E-state index is -1.35. The molecule has 4 atom stereocenters. The minimum Gasteiger partial charge on any atom is -0.306 e. The van der Waals surface area contributed by atoms with Crippen LogP contribution < -0.4 is 15.1 Å². The highest BCUT2D eigenvalue weighted by Crippen LogP contribution is 2.56. The third-order valence-corrected chi connectivity index (χ3v) is 7.86. The van der Waals surface area contributed by atoms with E-state index in [0.29, 0.717) is 23.4 Å². The number of carbonyl (C=O) groups is 3. The molecule has 2 fully saturated rings. The average Bonchev–Trinajstić information content (AvgIpc) is 3.44. The van der Waals surface area contributed by atoms with Crippen molar-refractivity contribution in [2.45, 2.75) is 38.4 Å². The lowest BCUT2D eigenvalue weighted by atomic mass is 9.76. The van der Waals surface area contributed by atoms with E-state index in [1.165, 1.54) is 17.0 Å². The maximum atomic E-state index is 14.4. The second-order valence-corrected chi connectivity index (χ2v) is 10.6. The van der Waals surface area contributed by atoms with Gasteiger partial charge in [0.25, 0.3) is 5.91 Å². The fraction of sp³-hybridized carbons (Fsp3) is 0.300. The fourth-order valence-corrected chi connectivity index (χ4v) is 6.42. The highest BCUT2D eigenvalue weighted by molar-refractivity contribution is 6.26. The highest BCUT2D eigenvalue weighted by Gasteiger charge is 2.71. The first-order valence-electron chi connectivity index (χ1n) is 12.7. The van der Waals surface area contributed by atoms with Crippen LogP contribution in [0.2, 0.25) is 0 Å². The minimum absolute atomic E-state index is 0.232. The number of anilines is 2. The predicted octanol–water partition coefficient (Wildman–Crippen LogP) is 4.39. The summed E-state index contributed by atoms with van der Waals surface area (Å²) in [7, 11) is 0.